The summed E-state index contributed by atoms with van der Waals surface area (Å²) in [5, 5.41) is 4.18. The van der Waals surface area contributed by atoms with Crippen LogP contribution >= 0.6 is 0 Å². The van der Waals surface area contributed by atoms with Crippen LogP contribution in [0.2, 0.25) is 0 Å². The number of nitrogen functional groups attached to an aromatic ring is 1. The highest BCUT2D eigenvalue weighted by molar-refractivity contribution is 5.69. The van der Waals surface area contributed by atoms with E-state index in [2.05, 4.69) is 28.5 Å². The zero-order chi connectivity index (χ0) is 13.1. The molecule has 0 bridgehead atoms. The Kier molecular flexibility index (Phi) is 3.69. The summed E-state index contributed by atoms with van der Waals surface area (Å²) >= 11 is 0. The van der Waals surface area contributed by atoms with E-state index in [1.807, 2.05) is 19.4 Å². The Morgan fingerprint density at radius 2 is 2.06 bits per heavy atom. The van der Waals surface area contributed by atoms with E-state index >= 15 is 0 Å². The molecular formula is C13H21N5. The van der Waals surface area contributed by atoms with Crippen LogP contribution < -0.4 is 5.73 Å². The number of hydrogen-bond acceptors (Lipinski definition) is 3. The molecule has 0 aliphatic rings. The van der Waals surface area contributed by atoms with Crippen LogP contribution in [0.15, 0.2) is 12.4 Å². The Hall–Kier alpha value is -1.78. The second kappa shape index (κ2) is 5.25. The summed E-state index contributed by atoms with van der Waals surface area (Å²) < 4.78 is 3.90. The van der Waals surface area contributed by atoms with Gasteiger partial charge < -0.3 is 10.3 Å². The Labute approximate surface area is 108 Å². The summed E-state index contributed by atoms with van der Waals surface area (Å²) in [6.07, 6.45) is 6.86. The van der Waals surface area contributed by atoms with Crippen molar-refractivity contribution < 1.29 is 0 Å². The normalized spacial score (nSPS) is 11.1. The minimum absolute atomic E-state index is 0.758. The van der Waals surface area contributed by atoms with Crippen LogP contribution in [-0.4, -0.2) is 19.3 Å². The lowest BCUT2D eigenvalue weighted by molar-refractivity contribution is 0.637. The molecule has 0 saturated heterocycles. The van der Waals surface area contributed by atoms with Crippen molar-refractivity contribution in [1.82, 2.24) is 19.3 Å². The van der Waals surface area contributed by atoms with Gasteiger partial charge in [-0.15, -0.1) is 0 Å². The number of rotatable bonds is 5. The number of nitrogens with zero attached hydrogens (tertiary/aromatic N) is 4. The lowest BCUT2D eigenvalue weighted by Gasteiger charge is -2.07. The first-order valence-corrected chi connectivity index (χ1v) is 6.51. The molecule has 2 rings (SSSR count). The molecule has 18 heavy (non-hydrogen) atoms. The first kappa shape index (κ1) is 12.7. The minimum Gasteiger partial charge on any atom is -0.383 e. The van der Waals surface area contributed by atoms with E-state index < -0.39 is 0 Å². The van der Waals surface area contributed by atoms with Gasteiger partial charge in [-0.3, -0.25) is 4.68 Å². The Bertz CT molecular complexity index is 523. The topological polar surface area (TPSA) is 61.7 Å². The van der Waals surface area contributed by atoms with Crippen LogP contribution in [0.1, 0.15) is 32.5 Å². The van der Waals surface area contributed by atoms with Crippen molar-refractivity contribution in [3.05, 3.63) is 18.2 Å². The lowest BCUT2D eigenvalue weighted by atomic mass is 10.2. The van der Waals surface area contributed by atoms with Gasteiger partial charge in [0.15, 0.2) is 0 Å². The monoisotopic (exact) mass is 247 g/mol. The third-order valence-electron chi connectivity index (χ3n) is 2.98. The van der Waals surface area contributed by atoms with Crippen LogP contribution in [0.3, 0.4) is 0 Å². The van der Waals surface area contributed by atoms with Gasteiger partial charge in [0.1, 0.15) is 17.3 Å². The predicted octanol–water partition coefficient (Wildman–Crippen LogP) is 2.23. The fraction of sp³-hybridized carbons (Fsp3) is 0.538. The zero-order valence-corrected chi connectivity index (χ0v) is 11.3. The molecule has 0 spiro atoms. The first-order valence-electron chi connectivity index (χ1n) is 6.51. The average molecular weight is 247 g/mol. The molecule has 0 aliphatic carbocycles. The fourth-order valence-corrected chi connectivity index (χ4v) is 2.16. The number of imidazole rings is 1. The largest absolute Gasteiger partial charge is 0.383 e. The maximum absolute atomic E-state index is 6.23. The second-order valence-electron chi connectivity index (χ2n) is 4.57. The summed E-state index contributed by atoms with van der Waals surface area (Å²) in [5.74, 6) is 1.84. The summed E-state index contributed by atoms with van der Waals surface area (Å²) in [5.41, 5.74) is 8.07. The summed E-state index contributed by atoms with van der Waals surface area (Å²) in [7, 11) is 1.90. The van der Waals surface area contributed by atoms with E-state index in [-0.39, 0.29) is 0 Å². The number of aryl methyl sites for hydroxylation is 2. The molecule has 2 heterocycles. The van der Waals surface area contributed by atoms with E-state index in [0.717, 1.165) is 48.7 Å². The van der Waals surface area contributed by atoms with E-state index in [0.29, 0.717) is 0 Å². The van der Waals surface area contributed by atoms with Gasteiger partial charge in [-0.25, -0.2) is 4.98 Å². The van der Waals surface area contributed by atoms with Crippen molar-refractivity contribution in [2.24, 2.45) is 7.05 Å². The van der Waals surface area contributed by atoms with Crippen molar-refractivity contribution >= 4 is 5.82 Å². The first-order chi connectivity index (χ1) is 8.67. The summed E-state index contributed by atoms with van der Waals surface area (Å²) in [6.45, 7) is 5.23. The van der Waals surface area contributed by atoms with Crippen molar-refractivity contribution in [3.8, 4) is 11.3 Å². The molecule has 2 aromatic heterocycles. The maximum Gasteiger partial charge on any atom is 0.131 e. The highest BCUT2D eigenvalue weighted by Gasteiger charge is 2.16. The van der Waals surface area contributed by atoms with Gasteiger partial charge in [-0.2, -0.15) is 5.10 Å². The average Bonchev–Trinajstić information content (AvgIpc) is 2.88. The molecular weight excluding hydrogens is 226 g/mol. The fourth-order valence-electron chi connectivity index (χ4n) is 2.16. The molecule has 0 radical (unpaired) electrons. The summed E-state index contributed by atoms with van der Waals surface area (Å²) in [4.78, 5) is 4.69. The highest BCUT2D eigenvalue weighted by Crippen LogP contribution is 2.26. The third kappa shape index (κ3) is 2.25. The lowest BCUT2D eigenvalue weighted by Crippen LogP contribution is -2.06. The van der Waals surface area contributed by atoms with Crippen molar-refractivity contribution in [1.29, 1.82) is 0 Å². The molecule has 98 valence electrons. The highest BCUT2D eigenvalue weighted by atomic mass is 15.2. The Morgan fingerprint density at radius 1 is 1.28 bits per heavy atom. The van der Waals surface area contributed by atoms with E-state index in [4.69, 9.17) is 5.73 Å². The number of aromatic nitrogens is 4. The molecule has 2 aromatic rings. The SMILES string of the molecule is CCCc1nc(-c2cnn(C)c2)c(N)n1CCC. The second-order valence-corrected chi connectivity index (χ2v) is 4.57. The Balaban J connectivity index is 2.45. The third-order valence-corrected chi connectivity index (χ3v) is 2.98. The number of nitrogens with two attached hydrogens (primary N) is 1. The van der Waals surface area contributed by atoms with E-state index in [1.54, 1.807) is 4.68 Å². The maximum atomic E-state index is 6.23. The quantitative estimate of drug-likeness (QED) is 0.881. The Morgan fingerprint density at radius 3 is 2.61 bits per heavy atom. The van der Waals surface area contributed by atoms with Gasteiger partial charge >= 0.3 is 0 Å². The molecule has 0 aliphatic heterocycles. The minimum atomic E-state index is 0.758. The van der Waals surface area contributed by atoms with Crippen LogP contribution in [0, 0.1) is 0 Å². The van der Waals surface area contributed by atoms with Crippen LogP contribution in [0.25, 0.3) is 11.3 Å². The summed E-state index contributed by atoms with van der Waals surface area (Å²) in [6, 6.07) is 0. The van der Waals surface area contributed by atoms with Crippen LogP contribution in [0.5, 0.6) is 0 Å². The van der Waals surface area contributed by atoms with E-state index in [9.17, 15) is 0 Å². The zero-order valence-electron chi connectivity index (χ0n) is 11.3. The van der Waals surface area contributed by atoms with Crippen molar-refractivity contribution in [2.45, 2.75) is 39.7 Å². The molecule has 0 fully saturated rings. The molecule has 5 nitrogen and oxygen atoms in total. The standard InChI is InChI=1S/C13H21N5/c1-4-6-11-16-12(10-8-15-17(3)9-10)13(14)18(11)7-5-2/h8-9H,4-7,14H2,1-3H3. The van der Waals surface area contributed by atoms with Gasteiger partial charge in [-0.05, 0) is 12.8 Å². The smallest absolute Gasteiger partial charge is 0.131 e. The molecule has 0 unspecified atom stereocenters. The molecule has 0 amide bonds. The van der Waals surface area contributed by atoms with Crippen LogP contribution in [-0.2, 0) is 20.0 Å². The van der Waals surface area contributed by atoms with Gasteiger partial charge in [0.05, 0.1) is 6.20 Å². The predicted molar refractivity (Wildman–Crippen MR) is 73.1 cm³/mol. The van der Waals surface area contributed by atoms with Gasteiger partial charge in [-0.1, -0.05) is 13.8 Å². The number of hydrogen-bond donors (Lipinski definition) is 1. The molecule has 0 atom stereocenters. The van der Waals surface area contributed by atoms with Gasteiger partial charge in [0, 0.05) is 31.8 Å². The van der Waals surface area contributed by atoms with E-state index in [1.165, 1.54) is 0 Å². The molecule has 5 heteroatoms. The van der Waals surface area contributed by atoms with Crippen LogP contribution in [0.4, 0.5) is 5.82 Å². The van der Waals surface area contributed by atoms with Crippen molar-refractivity contribution in [3.63, 3.8) is 0 Å². The molecule has 2 N–H and O–H groups in total. The molecule has 0 saturated carbocycles. The van der Waals surface area contributed by atoms with Gasteiger partial charge in [0.25, 0.3) is 0 Å². The molecule has 0 aromatic carbocycles. The number of anilines is 1. The van der Waals surface area contributed by atoms with Crippen molar-refractivity contribution in [2.75, 3.05) is 5.73 Å². The van der Waals surface area contributed by atoms with Gasteiger partial charge in [0.2, 0.25) is 0 Å².